The van der Waals surface area contributed by atoms with Crippen LogP contribution in [0.15, 0.2) is 53.1 Å². The third-order valence-electron chi connectivity index (χ3n) is 2.33. The summed E-state index contributed by atoms with van der Waals surface area (Å²) in [5.41, 5.74) is 0.546. The monoisotopic (exact) mass is 306 g/mol. The van der Waals surface area contributed by atoms with E-state index in [0.29, 0.717) is 16.0 Å². The maximum absolute atomic E-state index is 11.8. The summed E-state index contributed by atoms with van der Waals surface area (Å²) in [6, 6.07) is 13.9. The number of nitrogens with zero attached hydrogens (tertiary/aromatic N) is 1. The van der Waals surface area contributed by atoms with Crippen LogP contribution in [0, 0.1) is 0 Å². The smallest absolute Gasteiger partial charge is 0.258 e. The van der Waals surface area contributed by atoms with Crippen LogP contribution >= 0.6 is 15.9 Å². The van der Waals surface area contributed by atoms with E-state index in [1.54, 1.807) is 42.5 Å². The molecule has 0 bridgehead atoms. The summed E-state index contributed by atoms with van der Waals surface area (Å²) in [4.78, 5) is 15.9. The van der Waals surface area contributed by atoms with Crippen LogP contribution in [0.1, 0.15) is 11.7 Å². The molecule has 0 aliphatic carbocycles. The van der Waals surface area contributed by atoms with Crippen molar-refractivity contribution in [2.24, 2.45) is 0 Å². The predicted octanol–water partition coefficient (Wildman–Crippen LogP) is 2.52. The van der Waals surface area contributed by atoms with Crippen LogP contribution in [-0.4, -0.2) is 16.0 Å². The molecule has 1 atom stereocenters. The zero-order valence-electron chi connectivity index (χ0n) is 9.38. The Balaban J connectivity index is 2.09. The number of nitrogens with one attached hydrogen (secondary N) is 1. The quantitative estimate of drug-likeness (QED) is 0.857. The lowest BCUT2D eigenvalue weighted by molar-refractivity contribution is -0.124. The lowest BCUT2D eigenvalue weighted by atomic mass is 10.1. The van der Waals surface area contributed by atoms with Crippen molar-refractivity contribution in [1.29, 1.82) is 0 Å². The molecule has 0 radical (unpaired) electrons. The first-order valence-corrected chi connectivity index (χ1v) is 6.12. The van der Waals surface area contributed by atoms with Gasteiger partial charge < -0.3 is 10.4 Å². The van der Waals surface area contributed by atoms with Crippen LogP contribution in [0.5, 0.6) is 0 Å². The highest BCUT2D eigenvalue weighted by molar-refractivity contribution is 9.10. The second-order valence-corrected chi connectivity index (χ2v) is 4.46. The summed E-state index contributed by atoms with van der Waals surface area (Å²) in [5, 5.41) is 12.4. The number of carbonyl (C=O) groups excluding carboxylic acids is 1. The Hall–Kier alpha value is -1.72. The Kier molecular flexibility index (Phi) is 4.07. The fraction of sp³-hybridized carbons (Fsp3) is 0.0769. The standard InChI is InChI=1S/C13H11BrN2O2/c14-10-7-4-8-11(15-10)16-13(18)12(17)9-5-2-1-3-6-9/h1-8,12,17H,(H,15,16,18). The van der Waals surface area contributed by atoms with Crippen molar-refractivity contribution in [3.63, 3.8) is 0 Å². The Morgan fingerprint density at radius 3 is 2.56 bits per heavy atom. The van der Waals surface area contributed by atoms with Gasteiger partial charge in [0.25, 0.3) is 5.91 Å². The Morgan fingerprint density at radius 2 is 1.89 bits per heavy atom. The van der Waals surface area contributed by atoms with Crippen LogP contribution < -0.4 is 5.32 Å². The van der Waals surface area contributed by atoms with Gasteiger partial charge in [-0.15, -0.1) is 0 Å². The maximum atomic E-state index is 11.8. The van der Waals surface area contributed by atoms with Gasteiger partial charge in [0, 0.05) is 0 Å². The minimum absolute atomic E-state index is 0.393. The summed E-state index contributed by atoms with van der Waals surface area (Å²) in [6.45, 7) is 0. The minimum atomic E-state index is -1.20. The van der Waals surface area contributed by atoms with Gasteiger partial charge in [0.2, 0.25) is 0 Å². The zero-order chi connectivity index (χ0) is 13.0. The highest BCUT2D eigenvalue weighted by Gasteiger charge is 2.17. The number of aromatic nitrogens is 1. The van der Waals surface area contributed by atoms with Gasteiger partial charge in [-0.25, -0.2) is 4.98 Å². The van der Waals surface area contributed by atoms with E-state index in [-0.39, 0.29) is 0 Å². The normalized spacial score (nSPS) is 11.9. The van der Waals surface area contributed by atoms with E-state index in [1.807, 2.05) is 6.07 Å². The molecule has 1 heterocycles. The van der Waals surface area contributed by atoms with E-state index in [2.05, 4.69) is 26.2 Å². The highest BCUT2D eigenvalue weighted by atomic mass is 79.9. The lowest BCUT2D eigenvalue weighted by Gasteiger charge is -2.11. The van der Waals surface area contributed by atoms with E-state index < -0.39 is 12.0 Å². The number of benzene rings is 1. The third kappa shape index (κ3) is 3.15. The Bertz CT molecular complexity index is 546. The number of aliphatic hydroxyl groups excluding tert-OH is 1. The van der Waals surface area contributed by atoms with Gasteiger partial charge in [0.15, 0.2) is 6.10 Å². The van der Waals surface area contributed by atoms with Gasteiger partial charge in [-0.3, -0.25) is 4.79 Å². The van der Waals surface area contributed by atoms with Crippen LogP contribution in [0.3, 0.4) is 0 Å². The number of hydrogen-bond donors (Lipinski definition) is 2. The average Bonchev–Trinajstić information content (AvgIpc) is 2.39. The summed E-state index contributed by atoms with van der Waals surface area (Å²) in [6.07, 6.45) is -1.20. The molecule has 1 amide bonds. The molecule has 0 aliphatic rings. The molecule has 2 N–H and O–H groups in total. The molecule has 0 spiro atoms. The minimum Gasteiger partial charge on any atom is -0.378 e. The Labute approximate surface area is 113 Å². The topological polar surface area (TPSA) is 62.2 Å². The van der Waals surface area contributed by atoms with Crippen molar-refractivity contribution < 1.29 is 9.90 Å². The average molecular weight is 307 g/mol. The largest absolute Gasteiger partial charge is 0.378 e. The molecule has 2 aromatic rings. The van der Waals surface area contributed by atoms with E-state index in [1.165, 1.54) is 0 Å². The van der Waals surface area contributed by atoms with Crippen molar-refractivity contribution in [2.45, 2.75) is 6.10 Å². The number of pyridine rings is 1. The second-order valence-electron chi connectivity index (χ2n) is 3.65. The van der Waals surface area contributed by atoms with Crippen molar-refractivity contribution in [3.05, 3.63) is 58.7 Å². The zero-order valence-corrected chi connectivity index (χ0v) is 11.0. The molecule has 1 aromatic heterocycles. The highest BCUT2D eigenvalue weighted by Crippen LogP contribution is 2.15. The van der Waals surface area contributed by atoms with Gasteiger partial charge in [-0.1, -0.05) is 36.4 Å². The lowest BCUT2D eigenvalue weighted by Crippen LogP contribution is -2.21. The molecule has 1 aromatic carbocycles. The second kappa shape index (κ2) is 5.75. The number of carbonyl (C=O) groups is 1. The first-order valence-electron chi connectivity index (χ1n) is 5.33. The molecule has 4 nitrogen and oxygen atoms in total. The van der Waals surface area contributed by atoms with Crippen LogP contribution in [-0.2, 0) is 4.79 Å². The fourth-order valence-electron chi connectivity index (χ4n) is 1.46. The van der Waals surface area contributed by atoms with Crippen LogP contribution in [0.25, 0.3) is 0 Å². The van der Waals surface area contributed by atoms with Gasteiger partial charge in [-0.05, 0) is 33.6 Å². The van der Waals surface area contributed by atoms with Gasteiger partial charge in [0.1, 0.15) is 10.4 Å². The first kappa shape index (κ1) is 12.7. The number of aliphatic hydroxyl groups is 1. The number of hydrogen-bond acceptors (Lipinski definition) is 3. The van der Waals surface area contributed by atoms with Crippen molar-refractivity contribution in [1.82, 2.24) is 4.98 Å². The van der Waals surface area contributed by atoms with Gasteiger partial charge in [-0.2, -0.15) is 0 Å². The molecular formula is C13H11BrN2O2. The molecule has 2 rings (SSSR count). The van der Waals surface area contributed by atoms with E-state index in [4.69, 9.17) is 0 Å². The molecule has 1 unspecified atom stereocenters. The molecule has 92 valence electrons. The van der Waals surface area contributed by atoms with Crippen molar-refractivity contribution in [2.75, 3.05) is 5.32 Å². The summed E-state index contributed by atoms with van der Waals surface area (Å²) < 4.78 is 0.620. The third-order valence-corrected chi connectivity index (χ3v) is 2.77. The predicted molar refractivity (Wildman–Crippen MR) is 72.0 cm³/mol. The number of anilines is 1. The Morgan fingerprint density at radius 1 is 1.17 bits per heavy atom. The number of halogens is 1. The van der Waals surface area contributed by atoms with E-state index in [9.17, 15) is 9.90 Å². The molecule has 0 saturated carbocycles. The SMILES string of the molecule is O=C(Nc1cccc(Br)n1)C(O)c1ccccc1. The van der Waals surface area contributed by atoms with E-state index >= 15 is 0 Å². The molecule has 18 heavy (non-hydrogen) atoms. The number of rotatable bonds is 3. The molecule has 0 fully saturated rings. The summed E-state index contributed by atoms with van der Waals surface area (Å²) in [7, 11) is 0. The fourth-order valence-corrected chi connectivity index (χ4v) is 1.80. The summed E-state index contributed by atoms with van der Waals surface area (Å²) >= 11 is 3.21. The summed E-state index contributed by atoms with van der Waals surface area (Å²) in [5.74, 6) is -0.115. The number of amides is 1. The van der Waals surface area contributed by atoms with Gasteiger partial charge >= 0.3 is 0 Å². The van der Waals surface area contributed by atoms with Crippen LogP contribution in [0.2, 0.25) is 0 Å². The first-order chi connectivity index (χ1) is 8.66. The molecule has 5 heteroatoms. The molecule has 0 saturated heterocycles. The van der Waals surface area contributed by atoms with E-state index in [0.717, 1.165) is 0 Å². The molecular weight excluding hydrogens is 296 g/mol. The maximum Gasteiger partial charge on any atom is 0.258 e. The van der Waals surface area contributed by atoms with Gasteiger partial charge in [0.05, 0.1) is 0 Å². The van der Waals surface area contributed by atoms with Crippen molar-refractivity contribution in [3.8, 4) is 0 Å². The molecule has 0 aliphatic heterocycles. The van der Waals surface area contributed by atoms with Crippen LogP contribution in [0.4, 0.5) is 5.82 Å². The van der Waals surface area contributed by atoms with Crippen molar-refractivity contribution >= 4 is 27.7 Å².